The first-order valence-corrected chi connectivity index (χ1v) is 9.89. The minimum Gasteiger partial charge on any atom is -0.465 e. The number of benzene rings is 1. The van der Waals surface area contributed by atoms with E-state index in [4.69, 9.17) is 4.74 Å². The molecule has 2 saturated heterocycles. The molecule has 4 rings (SSSR count). The number of anilines is 1. The SMILES string of the molecule is CC[C@@]12CCCN3CCC(=O)c4ccccc4N(C(=O)[C@@H]31)[C@](O)(C(=O)OC)C2. The number of nitrogens with zero attached hydrogens (tertiary/aromatic N) is 2. The molecule has 0 unspecified atom stereocenters. The van der Waals surface area contributed by atoms with E-state index in [-0.39, 0.29) is 23.8 Å². The first kappa shape index (κ1) is 19.1. The summed E-state index contributed by atoms with van der Waals surface area (Å²) in [6, 6.07) is 6.24. The van der Waals surface area contributed by atoms with Gasteiger partial charge in [0.1, 0.15) is 0 Å². The molecule has 0 radical (unpaired) electrons. The van der Waals surface area contributed by atoms with Crippen molar-refractivity contribution in [2.75, 3.05) is 25.1 Å². The third-order valence-electron chi connectivity index (χ3n) is 6.78. The summed E-state index contributed by atoms with van der Waals surface area (Å²) in [5, 5.41) is 11.6. The van der Waals surface area contributed by atoms with E-state index in [0.717, 1.165) is 24.3 Å². The molecule has 150 valence electrons. The molecular formula is C21H26N2O5. The highest BCUT2D eigenvalue weighted by Gasteiger charge is 2.64. The number of carbonyl (C=O) groups is 3. The number of amides is 1. The molecule has 1 aromatic rings. The maximum atomic E-state index is 13.8. The van der Waals surface area contributed by atoms with Gasteiger partial charge < -0.3 is 9.84 Å². The minimum absolute atomic E-state index is 0.0958. The van der Waals surface area contributed by atoms with Gasteiger partial charge in [-0.15, -0.1) is 0 Å². The van der Waals surface area contributed by atoms with E-state index in [2.05, 4.69) is 4.90 Å². The Morgan fingerprint density at radius 1 is 1.29 bits per heavy atom. The average Bonchev–Trinajstić information content (AvgIpc) is 2.74. The number of aliphatic hydroxyl groups is 1. The minimum atomic E-state index is -2.14. The van der Waals surface area contributed by atoms with Gasteiger partial charge in [0.15, 0.2) is 5.78 Å². The summed E-state index contributed by atoms with van der Waals surface area (Å²) in [7, 11) is 1.20. The molecule has 7 heteroatoms. The summed E-state index contributed by atoms with van der Waals surface area (Å²) in [5.41, 5.74) is -2.04. The number of carbonyl (C=O) groups excluding carboxylic acids is 3. The Kier molecular flexibility index (Phi) is 4.55. The van der Waals surface area contributed by atoms with Crippen LogP contribution in [0.25, 0.3) is 0 Å². The van der Waals surface area contributed by atoms with E-state index in [9.17, 15) is 19.5 Å². The summed E-state index contributed by atoms with van der Waals surface area (Å²) < 4.78 is 4.92. The second-order valence-electron chi connectivity index (χ2n) is 8.11. The van der Waals surface area contributed by atoms with Crippen molar-refractivity contribution in [2.24, 2.45) is 5.41 Å². The fraction of sp³-hybridized carbons (Fsp3) is 0.571. The lowest BCUT2D eigenvalue weighted by atomic mass is 9.63. The molecule has 2 fully saturated rings. The molecule has 2 bridgehead atoms. The smallest absolute Gasteiger partial charge is 0.359 e. The van der Waals surface area contributed by atoms with Gasteiger partial charge in [0.05, 0.1) is 18.8 Å². The molecular weight excluding hydrogens is 360 g/mol. The molecule has 3 atom stereocenters. The van der Waals surface area contributed by atoms with Gasteiger partial charge in [-0.2, -0.15) is 0 Å². The number of rotatable bonds is 2. The Morgan fingerprint density at radius 3 is 2.75 bits per heavy atom. The van der Waals surface area contributed by atoms with Crippen LogP contribution < -0.4 is 4.90 Å². The number of Topliss-reactive ketones (excluding diaryl/α,β-unsaturated/α-hetero) is 1. The lowest BCUT2D eigenvalue weighted by Crippen LogP contribution is -2.73. The zero-order chi connectivity index (χ0) is 20.1. The van der Waals surface area contributed by atoms with Gasteiger partial charge in [-0.25, -0.2) is 4.79 Å². The lowest BCUT2D eigenvalue weighted by molar-refractivity contribution is -0.181. The second-order valence-corrected chi connectivity index (χ2v) is 8.11. The molecule has 1 aromatic carbocycles. The molecule has 1 N–H and O–H groups in total. The second kappa shape index (κ2) is 6.67. The standard InChI is InChI=1S/C21H26N2O5/c1-3-20-10-6-11-22-12-9-16(24)14-7-4-5-8-15(14)23(18(25)17(20)22)21(27,13-20)19(26)28-2/h4-5,7-8,17,27H,3,6,9-13H2,1-2H3/t17-,20+,21-/m1/s1. The molecule has 3 heterocycles. The number of hydrogen-bond acceptors (Lipinski definition) is 6. The van der Waals surface area contributed by atoms with E-state index in [0.29, 0.717) is 24.9 Å². The number of fused-ring (bicyclic) bond motifs is 3. The van der Waals surface area contributed by atoms with Crippen LogP contribution in [0.2, 0.25) is 0 Å². The molecule has 28 heavy (non-hydrogen) atoms. The predicted octanol–water partition coefficient (Wildman–Crippen LogP) is 1.73. The molecule has 1 amide bonds. The summed E-state index contributed by atoms with van der Waals surface area (Å²) in [6.07, 6.45) is 2.65. The van der Waals surface area contributed by atoms with Gasteiger partial charge in [-0.1, -0.05) is 19.1 Å². The Bertz CT molecular complexity index is 840. The molecule has 3 aliphatic heterocycles. The maximum absolute atomic E-state index is 13.8. The Hall–Kier alpha value is -2.25. The maximum Gasteiger partial charge on any atom is 0.359 e. The van der Waals surface area contributed by atoms with Gasteiger partial charge in [0.2, 0.25) is 11.6 Å². The van der Waals surface area contributed by atoms with Crippen molar-refractivity contribution in [3.63, 3.8) is 0 Å². The van der Waals surface area contributed by atoms with Crippen molar-refractivity contribution in [1.29, 1.82) is 0 Å². The highest BCUT2D eigenvalue weighted by Crippen LogP contribution is 2.52. The molecule has 3 aliphatic rings. The number of ether oxygens (including phenoxy) is 1. The van der Waals surface area contributed by atoms with Crippen molar-refractivity contribution in [1.82, 2.24) is 4.90 Å². The fourth-order valence-electron chi connectivity index (χ4n) is 5.43. The van der Waals surface area contributed by atoms with Crippen molar-refractivity contribution >= 4 is 23.3 Å². The van der Waals surface area contributed by atoms with Crippen LogP contribution in [0.5, 0.6) is 0 Å². The van der Waals surface area contributed by atoms with E-state index in [1.165, 1.54) is 7.11 Å². The normalized spacial score (nSPS) is 32.8. The molecule has 0 aromatic heterocycles. The molecule has 0 spiro atoms. The van der Waals surface area contributed by atoms with E-state index in [1.54, 1.807) is 24.3 Å². The number of para-hydroxylation sites is 1. The first-order valence-electron chi connectivity index (χ1n) is 9.89. The van der Waals surface area contributed by atoms with Crippen molar-refractivity contribution in [2.45, 2.75) is 50.8 Å². The topological polar surface area (TPSA) is 87.2 Å². The van der Waals surface area contributed by atoms with Gasteiger partial charge in [-0.3, -0.25) is 19.4 Å². The number of methoxy groups -OCH3 is 1. The van der Waals surface area contributed by atoms with Gasteiger partial charge in [0, 0.05) is 24.9 Å². The zero-order valence-corrected chi connectivity index (χ0v) is 16.3. The van der Waals surface area contributed by atoms with Gasteiger partial charge in [-0.05, 0) is 43.4 Å². The molecule has 0 aliphatic carbocycles. The quantitative estimate of drug-likeness (QED) is 0.779. The van der Waals surface area contributed by atoms with Crippen LogP contribution in [0.1, 0.15) is 49.4 Å². The zero-order valence-electron chi connectivity index (χ0n) is 16.3. The Balaban J connectivity index is 1.99. The largest absolute Gasteiger partial charge is 0.465 e. The van der Waals surface area contributed by atoms with Crippen LogP contribution in [0.3, 0.4) is 0 Å². The molecule has 7 nitrogen and oxygen atoms in total. The monoisotopic (exact) mass is 386 g/mol. The van der Waals surface area contributed by atoms with Crippen LogP contribution in [0.4, 0.5) is 5.69 Å². The third kappa shape index (κ3) is 2.53. The first-order chi connectivity index (χ1) is 13.4. The van der Waals surface area contributed by atoms with Crippen molar-refractivity contribution in [3.05, 3.63) is 29.8 Å². The van der Waals surface area contributed by atoms with Crippen LogP contribution >= 0.6 is 0 Å². The van der Waals surface area contributed by atoms with Crippen LogP contribution in [-0.2, 0) is 14.3 Å². The summed E-state index contributed by atoms with van der Waals surface area (Å²) in [5.74, 6) is -1.30. The highest BCUT2D eigenvalue weighted by atomic mass is 16.5. The summed E-state index contributed by atoms with van der Waals surface area (Å²) in [6.45, 7) is 3.22. The third-order valence-corrected chi connectivity index (χ3v) is 6.78. The summed E-state index contributed by atoms with van der Waals surface area (Å²) >= 11 is 0. The predicted molar refractivity (Wildman–Crippen MR) is 102 cm³/mol. The van der Waals surface area contributed by atoms with Crippen LogP contribution in [0.15, 0.2) is 24.3 Å². The summed E-state index contributed by atoms with van der Waals surface area (Å²) in [4.78, 5) is 42.7. The van der Waals surface area contributed by atoms with E-state index >= 15 is 0 Å². The van der Waals surface area contributed by atoms with Crippen molar-refractivity contribution < 1.29 is 24.2 Å². The number of piperidine rings is 2. The number of hydrogen-bond donors (Lipinski definition) is 1. The molecule has 0 saturated carbocycles. The number of esters is 1. The van der Waals surface area contributed by atoms with Crippen LogP contribution in [-0.4, -0.2) is 59.6 Å². The highest BCUT2D eigenvalue weighted by molar-refractivity contribution is 6.11. The fourth-order valence-corrected chi connectivity index (χ4v) is 5.43. The van der Waals surface area contributed by atoms with E-state index in [1.807, 2.05) is 6.92 Å². The van der Waals surface area contributed by atoms with Crippen LogP contribution in [0, 0.1) is 5.41 Å². The van der Waals surface area contributed by atoms with Crippen molar-refractivity contribution in [3.8, 4) is 0 Å². The number of ketones is 1. The van der Waals surface area contributed by atoms with E-state index < -0.39 is 23.2 Å². The van der Waals surface area contributed by atoms with Gasteiger partial charge >= 0.3 is 5.97 Å². The Labute approximate surface area is 164 Å². The van der Waals surface area contributed by atoms with Gasteiger partial charge in [0.25, 0.3) is 0 Å². The average molecular weight is 386 g/mol. The Morgan fingerprint density at radius 2 is 2.04 bits per heavy atom. The lowest BCUT2D eigenvalue weighted by Gasteiger charge is -2.57.